The van der Waals surface area contributed by atoms with Crippen molar-refractivity contribution < 1.29 is 0 Å². The molecule has 0 unspecified atom stereocenters. The molecule has 0 radical (unpaired) electrons. The van der Waals surface area contributed by atoms with Crippen LogP contribution in [0.5, 0.6) is 0 Å². The van der Waals surface area contributed by atoms with E-state index >= 15 is 0 Å². The number of hydrogen-bond acceptors (Lipinski definition) is 0. The van der Waals surface area contributed by atoms with Gasteiger partial charge in [0.15, 0.2) is 0 Å². The van der Waals surface area contributed by atoms with Crippen LogP contribution in [0.4, 0.5) is 0 Å². The van der Waals surface area contributed by atoms with Crippen molar-refractivity contribution in [2.45, 2.75) is 75.4 Å². The predicted octanol–water partition coefficient (Wildman–Crippen LogP) is 4.31. The van der Waals surface area contributed by atoms with E-state index in [1.165, 1.54) is 43.6 Å². The van der Waals surface area contributed by atoms with Crippen LogP contribution in [0.25, 0.3) is 0 Å². The van der Waals surface area contributed by atoms with E-state index in [1.54, 1.807) is 0 Å². The Hall–Kier alpha value is 1.19. The molecule has 0 aromatic heterocycles. The van der Waals surface area contributed by atoms with Crippen LogP contribution in [0, 0.1) is 0 Å². The zero-order chi connectivity index (χ0) is 11.4. The van der Waals surface area contributed by atoms with Crippen LogP contribution in [0.2, 0.25) is 9.18 Å². The molecule has 0 saturated carbocycles. The van der Waals surface area contributed by atoms with Gasteiger partial charge in [0.25, 0.3) is 0 Å². The minimum absolute atomic E-state index is 0.500. The van der Waals surface area contributed by atoms with Gasteiger partial charge >= 0.3 is 111 Å². The molecule has 76 valence electrons. The average Bonchev–Trinajstić information content (AvgIpc) is 2.01. The van der Waals surface area contributed by atoms with Crippen LogP contribution in [0.3, 0.4) is 0 Å². The summed E-state index contributed by atoms with van der Waals surface area (Å²) in [6, 6.07) is 0. The standard InChI is InChI=1S/C8H17.C4H9.2Li/c1-3-5-7-8-6-4-2;1-4(2)3;;/h1,3-8H2,2H3;1-3H3;;. The van der Waals surface area contributed by atoms with Gasteiger partial charge in [-0.2, -0.15) is 0 Å². The van der Waals surface area contributed by atoms with Gasteiger partial charge in [-0.15, -0.1) is 0 Å². The van der Waals surface area contributed by atoms with E-state index < -0.39 is 0 Å². The van der Waals surface area contributed by atoms with E-state index in [9.17, 15) is 0 Å². The number of hydrogen-bond donors (Lipinski definition) is 0. The molecule has 0 aliphatic heterocycles. The van der Waals surface area contributed by atoms with Crippen LogP contribution in [-0.4, -0.2) is 35.4 Å². The fraction of sp³-hybridized carbons (Fsp3) is 1.00. The molecule has 0 amide bonds. The van der Waals surface area contributed by atoms with E-state index in [0.29, 0.717) is 4.09 Å². The molecule has 0 rings (SSSR count). The van der Waals surface area contributed by atoms with Crippen LogP contribution in [-0.2, 0) is 0 Å². The maximum absolute atomic E-state index is 2.26. The summed E-state index contributed by atoms with van der Waals surface area (Å²) >= 11 is 4.45. The monoisotopic (exact) mass is 184 g/mol. The second kappa shape index (κ2) is 12.3. The summed E-state index contributed by atoms with van der Waals surface area (Å²) in [5.41, 5.74) is 0. The molecule has 0 aliphatic rings. The topological polar surface area (TPSA) is 0 Å². The van der Waals surface area contributed by atoms with E-state index in [2.05, 4.69) is 63.1 Å². The summed E-state index contributed by atoms with van der Waals surface area (Å²) in [5.74, 6) is 0. The van der Waals surface area contributed by atoms with Gasteiger partial charge < -0.3 is 0 Å². The van der Waals surface area contributed by atoms with Crippen molar-refractivity contribution in [3.05, 3.63) is 0 Å². The normalized spacial score (nSPS) is 10.9. The molecule has 0 aromatic rings. The number of unbranched alkanes of at least 4 members (excludes halogenated alkanes) is 5. The second-order valence-electron chi connectivity index (χ2n) is 5.77. The SMILES string of the molecule is [Li][CH2]CCCCCCC.[Li][C](C)(C)C. The molecule has 0 nitrogen and oxygen atoms in total. The fourth-order valence-corrected chi connectivity index (χ4v) is 1.03. The van der Waals surface area contributed by atoms with E-state index in [1.807, 2.05) is 0 Å². The number of rotatable bonds is 6. The van der Waals surface area contributed by atoms with Crippen molar-refractivity contribution in [3.63, 3.8) is 0 Å². The third kappa shape index (κ3) is 37.9. The molecule has 0 bridgehead atoms. The Morgan fingerprint density at radius 1 is 0.857 bits per heavy atom. The van der Waals surface area contributed by atoms with Gasteiger partial charge in [0, 0.05) is 0 Å². The van der Waals surface area contributed by atoms with Crippen LogP contribution < -0.4 is 0 Å². The Morgan fingerprint density at radius 2 is 1.21 bits per heavy atom. The summed E-state index contributed by atoms with van der Waals surface area (Å²) in [4.78, 5) is 0. The van der Waals surface area contributed by atoms with Crippen molar-refractivity contribution in [1.29, 1.82) is 0 Å². The van der Waals surface area contributed by atoms with Crippen molar-refractivity contribution in [2.75, 3.05) is 0 Å². The Balaban J connectivity index is 0. The second-order valence-corrected chi connectivity index (χ2v) is 5.77. The molecule has 2 heteroatoms. The van der Waals surface area contributed by atoms with Crippen molar-refractivity contribution in [1.82, 2.24) is 0 Å². The van der Waals surface area contributed by atoms with E-state index in [-0.39, 0.29) is 0 Å². The molecule has 0 spiro atoms. The van der Waals surface area contributed by atoms with E-state index in [0.717, 1.165) is 0 Å². The first-order valence-electron chi connectivity index (χ1n) is 6.41. The maximum atomic E-state index is 2.26. The summed E-state index contributed by atoms with van der Waals surface area (Å²) in [6.07, 6.45) is 8.61. The van der Waals surface area contributed by atoms with Gasteiger partial charge in [-0.05, 0) is 0 Å². The molecule has 0 aliphatic carbocycles. The third-order valence-electron chi connectivity index (χ3n) is 1.71. The molecule has 0 fully saturated rings. The molecular weight excluding hydrogens is 158 g/mol. The third-order valence-corrected chi connectivity index (χ3v) is 1.71. The van der Waals surface area contributed by atoms with Crippen LogP contribution >= 0.6 is 0 Å². The Bertz CT molecular complexity index is 83.0. The molecule has 0 saturated heterocycles. The molecule has 0 N–H and O–H groups in total. The first-order valence-corrected chi connectivity index (χ1v) is 6.41. The van der Waals surface area contributed by atoms with Crippen molar-refractivity contribution in [2.24, 2.45) is 0 Å². The van der Waals surface area contributed by atoms with Gasteiger partial charge in [-0.25, -0.2) is 0 Å². The predicted molar refractivity (Wildman–Crippen MR) is 69.4 cm³/mol. The van der Waals surface area contributed by atoms with Crippen LogP contribution in [0.1, 0.15) is 66.2 Å². The summed E-state index contributed by atoms with van der Waals surface area (Å²) in [7, 11) is 0. The van der Waals surface area contributed by atoms with Crippen molar-refractivity contribution >= 4 is 35.4 Å². The van der Waals surface area contributed by atoms with Gasteiger partial charge in [0.2, 0.25) is 0 Å². The fourth-order valence-electron chi connectivity index (χ4n) is 1.03. The van der Waals surface area contributed by atoms with Gasteiger partial charge in [-0.3, -0.25) is 0 Å². The average molecular weight is 184 g/mol. The quantitative estimate of drug-likeness (QED) is 0.426. The first-order chi connectivity index (χ1) is 6.41. The Morgan fingerprint density at radius 3 is 1.57 bits per heavy atom. The Labute approximate surface area is 110 Å². The van der Waals surface area contributed by atoms with E-state index in [4.69, 9.17) is 0 Å². The first kappa shape index (κ1) is 17.6. The Kier molecular flexibility index (Phi) is 15.4. The molecule has 14 heavy (non-hydrogen) atoms. The summed E-state index contributed by atoms with van der Waals surface area (Å²) in [5, 5.41) is 1.37. The molecule has 0 atom stereocenters. The van der Waals surface area contributed by atoms with Crippen LogP contribution in [0.15, 0.2) is 0 Å². The molecule has 0 aromatic carbocycles. The summed E-state index contributed by atoms with van der Waals surface area (Å²) < 4.78 is 0.500. The zero-order valence-electron chi connectivity index (χ0n) is 11.4. The summed E-state index contributed by atoms with van der Waals surface area (Å²) in [6.45, 7) is 8.83. The minimum atomic E-state index is 0.500. The van der Waals surface area contributed by atoms with Crippen molar-refractivity contribution in [3.8, 4) is 0 Å². The van der Waals surface area contributed by atoms with Gasteiger partial charge in [0.1, 0.15) is 0 Å². The zero-order valence-corrected chi connectivity index (χ0v) is 11.4. The van der Waals surface area contributed by atoms with Gasteiger partial charge in [0.05, 0.1) is 0 Å². The van der Waals surface area contributed by atoms with Gasteiger partial charge in [-0.1, -0.05) is 0 Å². The molecular formula is C12H26Li2. The molecule has 0 heterocycles.